The smallest absolute Gasteiger partial charge is 0.337 e. The average Bonchev–Trinajstić information content (AvgIpc) is 3.39. The number of oxazole rings is 1. The van der Waals surface area contributed by atoms with E-state index in [0.717, 1.165) is 21.9 Å². The Morgan fingerprint density at radius 3 is 2.41 bits per heavy atom. The molecule has 0 radical (unpaired) electrons. The van der Waals surface area contributed by atoms with E-state index in [4.69, 9.17) is 9.15 Å². The zero-order chi connectivity index (χ0) is 23.5. The van der Waals surface area contributed by atoms with Crippen molar-refractivity contribution in [2.45, 2.75) is 0 Å². The van der Waals surface area contributed by atoms with Crippen molar-refractivity contribution in [3.8, 4) is 22.8 Å². The van der Waals surface area contributed by atoms with Gasteiger partial charge in [0, 0.05) is 28.4 Å². The molecular weight excluding hydrogens is 430 g/mol. The summed E-state index contributed by atoms with van der Waals surface area (Å²) in [5, 5.41) is 4.70. The molecule has 7 nitrogen and oxygen atoms in total. The van der Waals surface area contributed by atoms with Crippen LogP contribution in [0.3, 0.4) is 0 Å². The van der Waals surface area contributed by atoms with Gasteiger partial charge in [0.15, 0.2) is 5.76 Å². The molecule has 1 amide bonds. The number of ether oxygens (including phenoxy) is 1. The van der Waals surface area contributed by atoms with Crippen molar-refractivity contribution in [1.29, 1.82) is 0 Å². The van der Waals surface area contributed by atoms with E-state index >= 15 is 0 Å². The predicted molar refractivity (Wildman–Crippen MR) is 128 cm³/mol. The van der Waals surface area contributed by atoms with E-state index in [1.807, 2.05) is 36.4 Å². The first kappa shape index (κ1) is 21.1. The van der Waals surface area contributed by atoms with E-state index in [2.05, 4.69) is 15.3 Å². The lowest BCUT2D eigenvalue weighted by molar-refractivity contribution is 0.0600. The maximum absolute atomic E-state index is 12.7. The normalized spacial score (nSPS) is 10.7. The third kappa shape index (κ3) is 4.02. The fourth-order valence-corrected chi connectivity index (χ4v) is 3.73. The second-order valence-electron chi connectivity index (χ2n) is 7.48. The summed E-state index contributed by atoms with van der Waals surface area (Å²) in [6, 6.07) is 23.5. The second-order valence-corrected chi connectivity index (χ2v) is 7.48. The van der Waals surface area contributed by atoms with Crippen molar-refractivity contribution in [2.75, 3.05) is 12.4 Å². The van der Waals surface area contributed by atoms with Gasteiger partial charge in [-0.2, -0.15) is 0 Å². The number of rotatable bonds is 5. The van der Waals surface area contributed by atoms with Gasteiger partial charge in [0.25, 0.3) is 5.91 Å². The van der Waals surface area contributed by atoms with Gasteiger partial charge in [0.05, 0.1) is 18.9 Å². The quantitative estimate of drug-likeness (QED) is 0.351. The predicted octanol–water partition coefficient (Wildman–Crippen LogP) is 5.60. The Balaban J connectivity index is 1.52. The molecule has 0 spiro atoms. The van der Waals surface area contributed by atoms with Gasteiger partial charge < -0.3 is 14.5 Å². The summed E-state index contributed by atoms with van der Waals surface area (Å²) >= 11 is 0. The van der Waals surface area contributed by atoms with Crippen LogP contribution in [0.25, 0.3) is 33.6 Å². The van der Waals surface area contributed by atoms with E-state index in [0.29, 0.717) is 28.6 Å². The number of esters is 1. The molecule has 3 aromatic carbocycles. The van der Waals surface area contributed by atoms with Crippen LogP contribution >= 0.6 is 0 Å². The molecule has 0 atom stereocenters. The maximum Gasteiger partial charge on any atom is 0.337 e. The van der Waals surface area contributed by atoms with Gasteiger partial charge in [-0.05, 0) is 41.8 Å². The topological polar surface area (TPSA) is 94.3 Å². The lowest BCUT2D eigenvalue weighted by Gasteiger charge is -2.11. The highest BCUT2D eigenvalue weighted by Gasteiger charge is 2.16. The highest BCUT2D eigenvalue weighted by molar-refractivity contribution is 6.11. The molecule has 2 aromatic heterocycles. The number of nitrogens with one attached hydrogen (secondary N) is 1. The first-order chi connectivity index (χ1) is 16.6. The number of fused-ring (bicyclic) bond motifs is 1. The summed E-state index contributed by atoms with van der Waals surface area (Å²) in [6.07, 6.45) is 3.21. The average molecular weight is 449 g/mol. The fraction of sp³-hybridized carbons (Fsp3) is 0.0370. The standard InChI is InChI=1S/C27H19N3O4/c1-33-27(32)19-13-11-17(12-14-19)23-16-29-26(34-23)20-8-4-6-18-7-5-10-21(24(18)20)30-25(31)22-9-2-3-15-28-22/h2-16H,1H3,(H,30,31). The van der Waals surface area contributed by atoms with Gasteiger partial charge in [-0.25, -0.2) is 9.78 Å². The zero-order valence-corrected chi connectivity index (χ0v) is 18.2. The van der Waals surface area contributed by atoms with Crippen LogP contribution in [0.4, 0.5) is 5.69 Å². The third-order valence-corrected chi connectivity index (χ3v) is 5.38. The molecule has 0 aliphatic carbocycles. The molecule has 0 saturated carbocycles. The number of methoxy groups -OCH3 is 1. The van der Waals surface area contributed by atoms with Crippen molar-refractivity contribution < 1.29 is 18.7 Å². The Morgan fingerprint density at radius 2 is 1.68 bits per heavy atom. The van der Waals surface area contributed by atoms with Crippen LogP contribution in [0.15, 0.2) is 95.7 Å². The summed E-state index contributed by atoms with van der Waals surface area (Å²) in [6.45, 7) is 0. The zero-order valence-electron chi connectivity index (χ0n) is 18.2. The maximum atomic E-state index is 12.7. The minimum Gasteiger partial charge on any atom is -0.465 e. The molecule has 166 valence electrons. The molecule has 0 fully saturated rings. The number of hydrogen-bond donors (Lipinski definition) is 1. The third-order valence-electron chi connectivity index (χ3n) is 5.38. The van der Waals surface area contributed by atoms with Crippen molar-refractivity contribution in [3.63, 3.8) is 0 Å². The number of carbonyl (C=O) groups excluding carboxylic acids is 2. The van der Waals surface area contributed by atoms with Gasteiger partial charge in [-0.3, -0.25) is 9.78 Å². The summed E-state index contributed by atoms with van der Waals surface area (Å²) in [7, 11) is 1.34. The summed E-state index contributed by atoms with van der Waals surface area (Å²) in [5.41, 5.74) is 2.92. The number of anilines is 1. The van der Waals surface area contributed by atoms with Crippen LogP contribution in [0.1, 0.15) is 20.8 Å². The number of pyridine rings is 1. The van der Waals surface area contributed by atoms with Crippen molar-refractivity contribution >= 4 is 28.3 Å². The largest absolute Gasteiger partial charge is 0.465 e. The molecule has 34 heavy (non-hydrogen) atoms. The lowest BCUT2D eigenvalue weighted by Crippen LogP contribution is -2.13. The highest BCUT2D eigenvalue weighted by atomic mass is 16.5. The fourth-order valence-electron chi connectivity index (χ4n) is 3.73. The van der Waals surface area contributed by atoms with Crippen LogP contribution in [0.2, 0.25) is 0 Å². The summed E-state index contributed by atoms with van der Waals surface area (Å²) in [4.78, 5) is 33.0. The monoisotopic (exact) mass is 449 g/mol. The van der Waals surface area contributed by atoms with Crippen LogP contribution in [-0.4, -0.2) is 29.0 Å². The Hall–Kier alpha value is -4.78. The molecule has 1 N–H and O–H groups in total. The Kier molecular flexibility index (Phi) is 5.58. The van der Waals surface area contributed by atoms with E-state index < -0.39 is 5.97 Å². The van der Waals surface area contributed by atoms with E-state index in [1.54, 1.807) is 54.9 Å². The Morgan fingerprint density at radius 1 is 0.882 bits per heavy atom. The summed E-state index contributed by atoms with van der Waals surface area (Å²) in [5.74, 6) is 0.262. The molecule has 5 aromatic rings. The Labute approximate surface area is 195 Å². The molecule has 0 saturated heterocycles. The molecule has 5 rings (SSSR count). The molecule has 0 unspecified atom stereocenters. The minimum atomic E-state index is -0.402. The number of hydrogen-bond acceptors (Lipinski definition) is 6. The van der Waals surface area contributed by atoms with Crippen LogP contribution in [0.5, 0.6) is 0 Å². The lowest BCUT2D eigenvalue weighted by atomic mass is 10.0. The van der Waals surface area contributed by atoms with Crippen molar-refractivity contribution in [1.82, 2.24) is 9.97 Å². The second kappa shape index (κ2) is 8.99. The van der Waals surface area contributed by atoms with Crippen molar-refractivity contribution in [3.05, 3.63) is 103 Å². The van der Waals surface area contributed by atoms with Crippen LogP contribution in [-0.2, 0) is 4.74 Å². The number of amides is 1. The van der Waals surface area contributed by atoms with Gasteiger partial charge in [-0.15, -0.1) is 0 Å². The van der Waals surface area contributed by atoms with Gasteiger partial charge in [0.2, 0.25) is 5.89 Å². The van der Waals surface area contributed by atoms with Gasteiger partial charge in [0.1, 0.15) is 5.69 Å². The van der Waals surface area contributed by atoms with Crippen LogP contribution in [0, 0.1) is 0 Å². The van der Waals surface area contributed by atoms with Crippen LogP contribution < -0.4 is 5.32 Å². The number of benzene rings is 3. The molecule has 7 heteroatoms. The number of nitrogens with zero attached hydrogens (tertiary/aromatic N) is 2. The van der Waals surface area contributed by atoms with Gasteiger partial charge in [-0.1, -0.05) is 42.5 Å². The number of aromatic nitrogens is 2. The molecule has 2 heterocycles. The van der Waals surface area contributed by atoms with Crippen molar-refractivity contribution in [2.24, 2.45) is 0 Å². The molecule has 0 bridgehead atoms. The minimum absolute atomic E-state index is 0.304. The van der Waals surface area contributed by atoms with Gasteiger partial charge >= 0.3 is 5.97 Å². The first-order valence-electron chi connectivity index (χ1n) is 10.5. The van der Waals surface area contributed by atoms with E-state index in [1.165, 1.54) is 7.11 Å². The first-order valence-corrected chi connectivity index (χ1v) is 10.5. The molecular formula is C27H19N3O4. The molecule has 0 aliphatic rings. The molecule has 0 aliphatic heterocycles. The summed E-state index contributed by atoms with van der Waals surface area (Å²) < 4.78 is 10.8. The SMILES string of the molecule is COC(=O)c1ccc(-c2cnc(-c3cccc4cccc(NC(=O)c5ccccn5)c34)o2)cc1. The van der Waals surface area contributed by atoms with E-state index in [9.17, 15) is 9.59 Å². The number of carbonyl (C=O) groups is 2. The Bertz CT molecular complexity index is 1490. The van der Waals surface area contributed by atoms with E-state index in [-0.39, 0.29) is 5.91 Å². The highest BCUT2D eigenvalue weighted by Crippen LogP contribution is 2.35.